The molecule has 1 heterocycles. The van der Waals surface area contributed by atoms with Crippen LogP contribution in [0.25, 0.3) is 0 Å². The van der Waals surface area contributed by atoms with E-state index in [2.05, 4.69) is 22.1 Å². The Morgan fingerprint density at radius 2 is 2.33 bits per heavy atom. The summed E-state index contributed by atoms with van der Waals surface area (Å²) < 4.78 is 0. The Kier molecular flexibility index (Phi) is 5.34. The van der Waals surface area contributed by atoms with Crippen LogP contribution in [0.15, 0.2) is 24.4 Å². The number of aromatic nitrogens is 1. The van der Waals surface area contributed by atoms with Crippen LogP contribution < -0.4 is 5.32 Å². The molecule has 0 unspecified atom stereocenters. The van der Waals surface area contributed by atoms with Crippen molar-refractivity contribution < 1.29 is 9.90 Å². The van der Waals surface area contributed by atoms with Crippen molar-refractivity contribution in [3.05, 3.63) is 45.4 Å². The standard InChI is InChI=1S/C15H13ClN2O2S/c1-10-5-6-11(16)8-13(10)14(20)18-15-17-9-12(21-15)4-2-3-7-19/h5-6,8-9,19H,3,7H2,1H3,(H,17,18,20). The van der Waals surface area contributed by atoms with E-state index in [0.717, 1.165) is 10.4 Å². The Morgan fingerprint density at radius 1 is 1.52 bits per heavy atom. The maximum atomic E-state index is 12.2. The molecular formula is C15H13ClN2O2S. The van der Waals surface area contributed by atoms with Crippen LogP contribution in [0.2, 0.25) is 5.02 Å². The lowest BCUT2D eigenvalue weighted by molar-refractivity contribution is 0.102. The number of rotatable bonds is 3. The lowest BCUT2D eigenvalue weighted by Crippen LogP contribution is -2.13. The van der Waals surface area contributed by atoms with Crippen LogP contribution in [0.3, 0.4) is 0 Å². The van der Waals surface area contributed by atoms with Crippen molar-refractivity contribution in [2.24, 2.45) is 0 Å². The second-order valence-electron chi connectivity index (χ2n) is 4.22. The number of anilines is 1. The minimum Gasteiger partial charge on any atom is -0.395 e. The normalized spacial score (nSPS) is 9.86. The van der Waals surface area contributed by atoms with Crippen LogP contribution in [0.4, 0.5) is 5.13 Å². The summed E-state index contributed by atoms with van der Waals surface area (Å²) in [7, 11) is 0. The minimum absolute atomic E-state index is 0.0312. The summed E-state index contributed by atoms with van der Waals surface area (Å²) in [6.07, 6.45) is 2.01. The van der Waals surface area contributed by atoms with Gasteiger partial charge in [0.25, 0.3) is 5.91 Å². The molecule has 0 aliphatic rings. The van der Waals surface area contributed by atoms with Gasteiger partial charge in [0, 0.05) is 17.0 Å². The van der Waals surface area contributed by atoms with Crippen molar-refractivity contribution in [2.75, 3.05) is 11.9 Å². The van der Waals surface area contributed by atoms with Crippen molar-refractivity contribution >= 4 is 34.0 Å². The van der Waals surface area contributed by atoms with E-state index in [4.69, 9.17) is 16.7 Å². The van der Waals surface area contributed by atoms with Gasteiger partial charge < -0.3 is 5.11 Å². The van der Waals surface area contributed by atoms with Crippen LogP contribution in [0, 0.1) is 18.8 Å². The number of hydrogen-bond acceptors (Lipinski definition) is 4. The summed E-state index contributed by atoms with van der Waals surface area (Å²) in [5.74, 6) is 5.43. The molecule has 1 amide bonds. The molecule has 0 atom stereocenters. The number of benzene rings is 1. The third-order valence-corrected chi connectivity index (χ3v) is 3.68. The number of hydrogen-bond donors (Lipinski definition) is 2. The first kappa shape index (κ1) is 15.5. The molecule has 108 valence electrons. The highest BCUT2D eigenvalue weighted by atomic mass is 35.5. The monoisotopic (exact) mass is 320 g/mol. The van der Waals surface area contributed by atoms with Gasteiger partial charge in [-0.05, 0) is 24.6 Å². The summed E-state index contributed by atoms with van der Waals surface area (Å²) in [5.41, 5.74) is 1.36. The van der Waals surface area contributed by atoms with Gasteiger partial charge in [0.05, 0.1) is 17.7 Å². The molecule has 2 rings (SSSR count). The van der Waals surface area contributed by atoms with Crippen LogP contribution in [0.1, 0.15) is 27.2 Å². The molecule has 0 aliphatic carbocycles. The Balaban J connectivity index is 2.10. The highest BCUT2D eigenvalue weighted by Crippen LogP contribution is 2.20. The second kappa shape index (κ2) is 7.23. The van der Waals surface area contributed by atoms with E-state index in [1.807, 2.05) is 6.92 Å². The number of nitrogens with one attached hydrogen (secondary N) is 1. The van der Waals surface area contributed by atoms with Gasteiger partial charge in [-0.3, -0.25) is 10.1 Å². The molecule has 1 aromatic carbocycles. The van der Waals surface area contributed by atoms with Crippen molar-refractivity contribution in [1.82, 2.24) is 4.98 Å². The third kappa shape index (κ3) is 4.30. The minimum atomic E-state index is -0.251. The highest BCUT2D eigenvalue weighted by Gasteiger charge is 2.11. The van der Waals surface area contributed by atoms with E-state index >= 15 is 0 Å². The number of amides is 1. The largest absolute Gasteiger partial charge is 0.395 e. The first-order chi connectivity index (χ1) is 10.1. The van der Waals surface area contributed by atoms with Crippen molar-refractivity contribution in [1.29, 1.82) is 0 Å². The van der Waals surface area contributed by atoms with E-state index in [0.29, 0.717) is 22.1 Å². The molecule has 0 fully saturated rings. The summed E-state index contributed by atoms with van der Waals surface area (Å²) >= 11 is 7.19. The number of halogens is 1. The van der Waals surface area contributed by atoms with Gasteiger partial charge in [-0.1, -0.05) is 40.8 Å². The molecule has 2 N–H and O–H groups in total. The third-order valence-electron chi connectivity index (χ3n) is 2.62. The first-order valence-corrected chi connectivity index (χ1v) is 7.42. The van der Waals surface area contributed by atoms with Crippen LogP contribution in [-0.4, -0.2) is 22.6 Å². The predicted molar refractivity (Wildman–Crippen MR) is 84.8 cm³/mol. The van der Waals surface area contributed by atoms with E-state index < -0.39 is 0 Å². The van der Waals surface area contributed by atoms with Crippen LogP contribution in [-0.2, 0) is 0 Å². The van der Waals surface area contributed by atoms with Gasteiger partial charge in [0.1, 0.15) is 0 Å². The van der Waals surface area contributed by atoms with Gasteiger partial charge in [-0.15, -0.1) is 0 Å². The molecule has 6 heteroatoms. The topological polar surface area (TPSA) is 62.2 Å². The Labute approximate surface area is 131 Å². The van der Waals surface area contributed by atoms with E-state index in [1.165, 1.54) is 11.3 Å². The number of carbonyl (C=O) groups excluding carboxylic acids is 1. The lowest BCUT2D eigenvalue weighted by Gasteiger charge is -2.05. The van der Waals surface area contributed by atoms with Gasteiger partial charge >= 0.3 is 0 Å². The van der Waals surface area contributed by atoms with Gasteiger partial charge in [0.15, 0.2) is 5.13 Å². The number of aryl methyl sites for hydroxylation is 1. The first-order valence-electron chi connectivity index (χ1n) is 6.23. The maximum Gasteiger partial charge on any atom is 0.257 e. The summed E-state index contributed by atoms with van der Waals surface area (Å²) in [5, 5.41) is 12.4. The van der Waals surface area contributed by atoms with Crippen molar-refractivity contribution in [3.8, 4) is 11.8 Å². The number of aliphatic hydroxyl groups excluding tert-OH is 1. The molecule has 2 aromatic rings. The number of aliphatic hydroxyl groups is 1. The Morgan fingerprint density at radius 3 is 3.10 bits per heavy atom. The smallest absolute Gasteiger partial charge is 0.257 e. The molecular weight excluding hydrogens is 308 g/mol. The van der Waals surface area contributed by atoms with Crippen LogP contribution in [0.5, 0.6) is 0 Å². The van der Waals surface area contributed by atoms with Crippen molar-refractivity contribution in [2.45, 2.75) is 13.3 Å². The number of nitrogens with zero attached hydrogens (tertiary/aromatic N) is 1. The van der Waals surface area contributed by atoms with Crippen molar-refractivity contribution in [3.63, 3.8) is 0 Å². The number of thiazole rings is 1. The predicted octanol–water partition coefficient (Wildman–Crippen LogP) is 3.09. The quantitative estimate of drug-likeness (QED) is 0.854. The Hall–Kier alpha value is -1.87. The van der Waals surface area contributed by atoms with Gasteiger partial charge in [-0.2, -0.15) is 0 Å². The average Bonchev–Trinajstić information content (AvgIpc) is 2.89. The zero-order valence-electron chi connectivity index (χ0n) is 11.3. The fraction of sp³-hybridized carbons (Fsp3) is 0.200. The van der Waals surface area contributed by atoms with Gasteiger partial charge in [0.2, 0.25) is 0 Å². The van der Waals surface area contributed by atoms with Crippen LogP contribution >= 0.6 is 22.9 Å². The van der Waals surface area contributed by atoms with Gasteiger partial charge in [-0.25, -0.2) is 4.98 Å². The van der Waals surface area contributed by atoms with E-state index in [9.17, 15) is 4.79 Å². The molecule has 21 heavy (non-hydrogen) atoms. The Bertz CT molecular complexity index is 716. The average molecular weight is 321 g/mol. The zero-order valence-corrected chi connectivity index (χ0v) is 12.9. The summed E-state index contributed by atoms with van der Waals surface area (Å²) in [6, 6.07) is 5.17. The molecule has 4 nitrogen and oxygen atoms in total. The fourth-order valence-corrected chi connectivity index (χ4v) is 2.46. The van der Waals surface area contributed by atoms with E-state index in [1.54, 1.807) is 24.4 Å². The molecule has 0 radical (unpaired) electrons. The zero-order chi connectivity index (χ0) is 15.2. The maximum absolute atomic E-state index is 12.2. The molecule has 0 aliphatic heterocycles. The lowest BCUT2D eigenvalue weighted by atomic mass is 10.1. The second-order valence-corrected chi connectivity index (χ2v) is 5.69. The molecule has 0 bridgehead atoms. The van der Waals surface area contributed by atoms with E-state index in [-0.39, 0.29) is 12.5 Å². The number of carbonyl (C=O) groups is 1. The fourth-order valence-electron chi connectivity index (χ4n) is 1.60. The summed E-state index contributed by atoms with van der Waals surface area (Å²) in [6.45, 7) is 1.88. The molecule has 0 saturated carbocycles. The SMILES string of the molecule is Cc1ccc(Cl)cc1C(=O)Nc1ncc(C#CCCO)s1. The molecule has 0 spiro atoms. The molecule has 0 saturated heterocycles. The summed E-state index contributed by atoms with van der Waals surface area (Å²) in [4.78, 5) is 17.0. The molecule has 1 aromatic heterocycles. The highest BCUT2D eigenvalue weighted by molar-refractivity contribution is 7.16.